The Morgan fingerprint density at radius 1 is 0.676 bits per heavy atom. The summed E-state index contributed by atoms with van der Waals surface area (Å²) in [5.74, 6) is 1.70. The lowest BCUT2D eigenvalue weighted by Crippen LogP contribution is -2.58. The summed E-state index contributed by atoms with van der Waals surface area (Å²) < 4.78 is 12.8. The monoisotopic (exact) mass is 473 g/mol. The largest absolute Gasteiger partial charge is 0.485 e. The van der Waals surface area contributed by atoms with Gasteiger partial charge in [0.25, 0.3) is 0 Å². The first-order valence-electron chi connectivity index (χ1n) is 13.3. The Morgan fingerprint density at radius 3 is 1.56 bits per heavy atom. The Labute approximate surface area is 212 Å². The van der Waals surface area contributed by atoms with E-state index in [-0.39, 0.29) is 16.6 Å². The van der Waals surface area contributed by atoms with E-state index in [1.165, 1.54) is 31.5 Å². The number of hydrogen-bond donors (Lipinski definition) is 0. The highest BCUT2D eigenvalue weighted by Gasteiger charge is 2.45. The van der Waals surface area contributed by atoms with Crippen LogP contribution < -0.4 is 4.74 Å². The lowest BCUT2D eigenvalue weighted by molar-refractivity contribution is -0.188. The van der Waals surface area contributed by atoms with Gasteiger partial charge >= 0.3 is 0 Å². The van der Waals surface area contributed by atoms with Crippen LogP contribution in [-0.2, 0) is 10.2 Å². The lowest BCUT2D eigenvalue weighted by atomic mass is 9.67. The Bertz CT molecular complexity index is 795. The topological polar surface area (TPSA) is 21.7 Å². The van der Waals surface area contributed by atoms with Gasteiger partial charge < -0.3 is 9.47 Å². The zero-order valence-corrected chi connectivity index (χ0v) is 25.0. The van der Waals surface area contributed by atoms with Gasteiger partial charge in [0.15, 0.2) is 0 Å². The summed E-state index contributed by atoms with van der Waals surface area (Å²) in [7, 11) is 0. The molecule has 1 saturated heterocycles. The zero-order chi connectivity index (χ0) is 26.4. The van der Waals surface area contributed by atoms with E-state index in [9.17, 15) is 0 Å². The van der Waals surface area contributed by atoms with Gasteiger partial charge in [0.2, 0.25) is 0 Å². The van der Waals surface area contributed by atoms with Crippen molar-refractivity contribution in [1.29, 1.82) is 0 Å². The fraction of sp³-hybridized carbons (Fsp3) is 0.806. The average molecular weight is 474 g/mol. The van der Waals surface area contributed by atoms with E-state index in [2.05, 4.69) is 126 Å². The molecule has 0 bridgehead atoms. The molecule has 3 nitrogen and oxygen atoms in total. The molecule has 1 aliphatic heterocycles. The molecule has 3 heteroatoms. The van der Waals surface area contributed by atoms with Crippen molar-refractivity contribution in [1.82, 2.24) is 4.90 Å². The van der Waals surface area contributed by atoms with Gasteiger partial charge in [-0.15, -0.1) is 0 Å². The van der Waals surface area contributed by atoms with E-state index in [0.717, 1.165) is 11.7 Å². The van der Waals surface area contributed by atoms with E-state index in [1.807, 2.05) is 0 Å². The smallest absolute Gasteiger partial charge is 0.132 e. The highest BCUT2D eigenvalue weighted by Crippen LogP contribution is 2.43. The average Bonchev–Trinajstić information content (AvgIpc) is 2.65. The van der Waals surface area contributed by atoms with Gasteiger partial charge in [-0.2, -0.15) is 0 Å². The fourth-order valence-electron chi connectivity index (χ4n) is 5.30. The SMILES string of the molecule is CC(C)(C)OC(C)(C)C(C)(C)Oc1ccc(C(C)(C)C(C)(C)N2CCC(C(C)(C)C)CC2)cc1. The molecular formula is C31H55NO2. The van der Waals surface area contributed by atoms with Crippen molar-refractivity contribution in [2.75, 3.05) is 13.1 Å². The molecule has 0 radical (unpaired) electrons. The van der Waals surface area contributed by atoms with Gasteiger partial charge in [0, 0.05) is 11.0 Å². The molecule has 196 valence electrons. The number of nitrogens with zero attached hydrogens (tertiary/aromatic N) is 1. The summed E-state index contributed by atoms with van der Waals surface area (Å²) in [5.41, 5.74) is 0.667. The second-order valence-electron chi connectivity index (χ2n) is 14.7. The van der Waals surface area contributed by atoms with E-state index >= 15 is 0 Å². The van der Waals surface area contributed by atoms with Crippen LogP contribution in [-0.4, -0.2) is 40.3 Å². The molecule has 1 heterocycles. The normalized spacial score (nSPS) is 18.3. The number of ether oxygens (including phenoxy) is 2. The van der Waals surface area contributed by atoms with Crippen LogP contribution in [0.4, 0.5) is 0 Å². The summed E-state index contributed by atoms with van der Waals surface area (Å²) in [4.78, 5) is 2.72. The standard InChI is InChI=1S/C31H55NO2/c1-26(2,3)23-19-21-32(22-20-23)29(9,10)28(7,8)24-15-17-25(18-16-24)33-30(11,12)31(13,14)34-27(4,5)6/h15-18,23H,19-22H2,1-14H3. The maximum absolute atomic E-state index is 6.49. The van der Waals surface area contributed by atoms with Crippen molar-refractivity contribution >= 4 is 0 Å². The van der Waals surface area contributed by atoms with Crippen LogP contribution in [0, 0.1) is 11.3 Å². The summed E-state index contributed by atoms with van der Waals surface area (Å²) in [5, 5.41) is 0. The minimum absolute atomic E-state index is 0.00420. The zero-order valence-electron chi connectivity index (χ0n) is 25.0. The molecule has 1 aliphatic rings. The van der Waals surface area contributed by atoms with Crippen LogP contribution in [0.5, 0.6) is 5.75 Å². The van der Waals surface area contributed by atoms with Crippen molar-refractivity contribution in [2.24, 2.45) is 11.3 Å². The van der Waals surface area contributed by atoms with Gasteiger partial charge in [0.1, 0.15) is 17.0 Å². The molecule has 0 N–H and O–H groups in total. The van der Waals surface area contributed by atoms with Crippen LogP contribution in [0.25, 0.3) is 0 Å². The van der Waals surface area contributed by atoms with E-state index in [1.54, 1.807) is 0 Å². The third-order valence-electron chi connectivity index (χ3n) is 9.00. The Balaban J connectivity index is 2.16. The van der Waals surface area contributed by atoms with Crippen LogP contribution in [0.2, 0.25) is 0 Å². The molecule has 0 unspecified atom stereocenters. The summed E-state index contributed by atoms with van der Waals surface area (Å²) in [6.07, 6.45) is 2.58. The molecule has 0 aromatic heterocycles. The van der Waals surface area contributed by atoms with Crippen LogP contribution in [0.1, 0.15) is 115 Å². The minimum atomic E-state index is -0.478. The van der Waals surface area contributed by atoms with E-state index in [4.69, 9.17) is 9.47 Å². The highest BCUT2D eigenvalue weighted by molar-refractivity contribution is 5.35. The summed E-state index contributed by atoms with van der Waals surface area (Å²) in [6, 6.07) is 8.78. The maximum Gasteiger partial charge on any atom is 0.132 e. The van der Waals surface area contributed by atoms with Crippen LogP contribution in [0.3, 0.4) is 0 Å². The number of piperidine rings is 1. The third-order valence-corrected chi connectivity index (χ3v) is 9.00. The third kappa shape index (κ3) is 6.38. The van der Waals surface area contributed by atoms with Crippen molar-refractivity contribution in [3.63, 3.8) is 0 Å². The Kier molecular flexibility index (Phi) is 8.09. The minimum Gasteiger partial charge on any atom is -0.485 e. The van der Waals surface area contributed by atoms with Crippen molar-refractivity contribution in [2.45, 2.75) is 138 Å². The number of rotatable bonds is 7. The molecule has 0 spiro atoms. The Morgan fingerprint density at radius 2 is 1.15 bits per heavy atom. The predicted molar refractivity (Wildman–Crippen MR) is 147 cm³/mol. The van der Waals surface area contributed by atoms with E-state index < -0.39 is 11.2 Å². The molecular weight excluding hydrogens is 418 g/mol. The second-order valence-corrected chi connectivity index (χ2v) is 14.7. The molecule has 1 aromatic carbocycles. The van der Waals surface area contributed by atoms with E-state index in [0.29, 0.717) is 5.41 Å². The van der Waals surface area contributed by atoms with Gasteiger partial charge in [-0.05, 0) is 117 Å². The first-order chi connectivity index (χ1) is 15.1. The van der Waals surface area contributed by atoms with Crippen molar-refractivity contribution in [3.05, 3.63) is 29.8 Å². The molecule has 0 saturated carbocycles. The van der Waals surface area contributed by atoms with Crippen LogP contribution in [0.15, 0.2) is 24.3 Å². The van der Waals surface area contributed by atoms with Gasteiger partial charge in [0.05, 0.1) is 5.60 Å². The number of likely N-dealkylation sites (tertiary alicyclic amines) is 1. The quantitative estimate of drug-likeness (QED) is 0.398. The van der Waals surface area contributed by atoms with Gasteiger partial charge in [-0.25, -0.2) is 0 Å². The maximum atomic E-state index is 6.49. The molecule has 0 atom stereocenters. The lowest BCUT2D eigenvalue weighted by Gasteiger charge is -2.53. The molecule has 1 fully saturated rings. The number of hydrogen-bond acceptors (Lipinski definition) is 3. The van der Waals surface area contributed by atoms with Crippen molar-refractivity contribution in [3.8, 4) is 5.75 Å². The summed E-state index contributed by atoms with van der Waals surface area (Å²) in [6.45, 7) is 33.9. The molecule has 0 aliphatic carbocycles. The first kappa shape index (κ1) is 29.2. The fourth-order valence-corrected chi connectivity index (χ4v) is 5.30. The van der Waals surface area contributed by atoms with Gasteiger partial charge in [-0.3, -0.25) is 4.90 Å². The molecule has 1 aromatic rings. The van der Waals surface area contributed by atoms with Gasteiger partial charge in [-0.1, -0.05) is 46.8 Å². The van der Waals surface area contributed by atoms with Crippen LogP contribution >= 0.6 is 0 Å². The number of benzene rings is 1. The second kappa shape index (κ2) is 9.43. The predicted octanol–water partition coefficient (Wildman–Crippen LogP) is 8.25. The Hall–Kier alpha value is -1.06. The first-order valence-corrected chi connectivity index (χ1v) is 13.3. The van der Waals surface area contributed by atoms with Crippen molar-refractivity contribution < 1.29 is 9.47 Å². The molecule has 2 rings (SSSR count). The molecule has 34 heavy (non-hydrogen) atoms. The highest BCUT2D eigenvalue weighted by atomic mass is 16.6. The summed E-state index contributed by atoms with van der Waals surface area (Å²) >= 11 is 0. The molecule has 0 amide bonds.